The maximum Gasteiger partial charge on any atom is 0.329 e. The first-order chi connectivity index (χ1) is 14.3. The molecule has 1 aliphatic rings. The highest BCUT2D eigenvalue weighted by atomic mass is 35.5. The number of ketones is 1. The molecule has 0 N–H and O–H groups in total. The zero-order chi connectivity index (χ0) is 22.0. The van der Waals surface area contributed by atoms with E-state index in [1.165, 1.54) is 34.3 Å². The molecule has 0 saturated heterocycles. The van der Waals surface area contributed by atoms with Crippen molar-refractivity contribution in [2.24, 2.45) is 0 Å². The molecule has 0 saturated carbocycles. The van der Waals surface area contributed by atoms with E-state index in [0.717, 1.165) is 0 Å². The summed E-state index contributed by atoms with van der Waals surface area (Å²) in [5, 5.41) is -0.797. The minimum atomic E-state index is -0.797. The molecule has 0 bridgehead atoms. The third-order valence-corrected chi connectivity index (χ3v) is 4.69. The SMILES string of the molecule is COc1ccc(/C=C2\Oc3cc(OC(=O)C(C)Cl)cc(C)c3C2=O)c(OC)c1OC. The molecule has 0 fully saturated rings. The number of halogens is 1. The maximum atomic E-state index is 12.9. The molecule has 0 aliphatic carbocycles. The zero-order valence-electron chi connectivity index (χ0n) is 17.2. The molecule has 2 aromatic rings. The van der Waals surface area contributed by atoms with Gasteiger partial charge in [0.05, 0.1) is 26.9 Å². The van der Waals surface area contributed by atoms with Gasteiger partial charge in [0.15, 0.2) is 17.3 Å². The monoisotopic (exact) mass is 432 g/mol. The lowest BCUT2D eigenvalue weighted by Crippen LogP contribution is -2.17. The second kappa shape index (κ2) is 8.67. The number of carbonyl (C=O) groups is 2. The third kappa shape index (κ3) is 3.93. The quantitative estimate of drug-likeness (QED) is 0.293. The summed E-state index contributed by atoms with van der Waals surface area (Å²) in [4.78, 5) is 24.7. The van der Waals surface area contributed by atoms with Gasteiger partial charge in [0.25, 0.3) is 0 Å². The molecule has 1 heterocycles. The second-order valence-corrected chi connectivity index (χ2v) is 7.17. The molecular formula is C22H21ClO7. The van der Waals surface area contributed by atoms with Gasteiger partial charge in [-0.3, -0.25) is 9.59 Å². The summed E-state index contributed by atoms with van der Waals surface area (Å²) >= 11 is 5.75. The zero-order valence-corrected chi connectivity index (χ0v) is 18.0. The van der Waals surface area contributed by atoms with Crippen LogP contribution in [-0.2, 0) is 4.79 Å². The van der Waals surface area contributed by atoms with Crippen LogP contribution in [0.25, 0.3) is 6.08 Å². The van der Waals surface area contributed by atoms with Crippen LogP contribution in [-0.4, -0.2) is 38.5 Å². The van der Waals surface area contributed by atoms with E-state index in [0.29, 0.717) is 39.7 Å². The number of alkyl halides is 1. The first kappa shape index (κ1) is 21.5. The summed E-state index contributed by atoms with van der Waals surface area (Å²) in [6.45, 7) is 3.25. The molecule has 7 nitrogen and oxygen atoms in total. The summed E-state index contributed by atoms with van der Waals surface area (Å²) < 4.78 is 27.1. The first-order valence-electron chi connectivity index (χ1n) is 9.04. The Balaban J connectivity index is 1.99. The highest BCUT2D eigenvalue weighted by Gasteiger charge is 2.31. The minimum Gasteiger partial charge on any atom is -0.493 e. The van der Waals surface area contributed by atoms with E-state index in [4.69, 9.17) is 35.3 Å². The van der Waals surface area contributed by atoms with Gasteiger partial charge >= 0.3 is 5.97 Å². The van der Waals surface area contributed by atoms with Crippen molar-refractivity contribution >= 4 is 29.4 Å². The fourth-order valence-corrected chi connectivity index (χ4v) is 3.16. The van der Waals surface area contributed by atoms with Crippen molar-refractivity contribution in [1.29, 1.82) is 0 Å². The Bertz CT molecular complexity index is 1040. The highest BCUT2D eigenvalue weighted by Crippen LogP contribution is 2.42. The molecule has 3 rings (SSSR count). The molecule has 1 atom stereocenters. The molecular weight excluding hydrogens is 412 g/mol. The van der Waals surface area contributed by atoms with Gasteiger partial charge in [0, 0.05) is 11.6 Å². The van der Waals surface area contributed by atoms with Gasteiger partial charge in [-0.25, -0.2) is 0 Å². The van der Waals surface area contributed by atoms with Crippen molar-refractivity contribution in [3.63, 3.8) is 0 Å². The summed E-state index contributed by atoms with van der Waals surface area (Å²) in [6.07, 6.45) is 1.56. The van der Waals surface area contributed by atoms with Gasteiger partial charge in [0.1, 0.15) is 16.9 Å². The number of esters is 1. The van der Waals surface area contributed by atoms with E-state index in [9.17, 15) is 9.59 Å². The van der Waals surface area contributed by atoms with Crippen molar-refractivity contribution < 1.29 is 33.3 Å². The lowest BCUT2D eigenvalue weighted by atomic mass is 10.0. The number of benzene rings is 2. The summed E-state index contributed by atoms with van der Waals surface area (Å²) in [5.41, 5.74) is 1.59. The lowest BCUT2D eigenvalue weighted by Gasteiger charge is -2.14. The van der Waals surface area contributed by atoms with Gasteiger partial charge in [-0.2, -0.15) is 0 Å². The predicted octanol–water partition coefficient (Wildman–Crippen LogP) is 4.17. The number of Topliss-reactive ketones (excluding diaryl/α,β-unsaturated/α-hetero) is 1. The Morgan fingerprint density at radius 2 is 1.80 bits per heavy atom. The van der Waals surface area contributed by atoms with Crippen molar-refractivity contribution in [1.82, 2.24) is 0 Å². The highest BCUT2D eigenvalue weighted by molar-refractivity contribution is 6.29. The Morgan fingerprint density at radius 1 is 1.10 bits per heavy atom. The first-order valence-corrected chi connectivity index (χ1v) is 9.48. The van der Waals surface area contributed by atoms with E-state index < -0.39 is 11.3 Å². The van der Waals surface area contributed by atoms with Gasteiger partial charge in [-0.1, -0.05) is 0 Å². The average molecular weight is 433 g/mol. The van der Waals surface area contributed by atoms with E-state index in [1.807, 2.05) is 0 Å². The number of ether oxygens (including phenoxy) is 5. The number of rotatable bonds is 6. The number of carbonyl (C=O) groups excluding carboxylic acids is 2. The summed E-state index contributed by atoms with van der Waals surface area (Å²) in [5.74, 6) is 1.07. The predicted molar refractivity (Wildman–Crippen MR) is 111 cm³/mol. The molecule has 0 radical (unpaired) electrons. The normalized spacial score (nSPS) is 14.7. The van der Waals surface area contributed by atoms with Gasteiger partial charge < -0.3 is 23.7 Å². The van der Waals surface area contributed by atoms with Crippen LogP contribution in [0.5, 0.6) is 28.7 Å². The van der Waals surface area contributed by atoms with Crippen molar-refractivity contribution in [2.75, 3.05) is 21.3 Å². The Labute approximate surface area is 179 Å². The van der Waals surface area contributed by atoms with Crippen LogP contribution < -0.4 is 23.7 Å². The topological polar surface area (TPSA) is 80.3 Å². The Morgan fingerprint density at radius 3 is 2.40 bits per heavy atom. The van der Waals surface area contributed by atoms with Gasteiger partial charge in [0.2, 0.25) is 11.5 Å². The standard InChI is InChI=1S/C22H21ClO7/c1-11-8-14(29-22(25)12(2)23)10-16-18(11)19(24)17(30-16)9-13-6-7-15(26-3)21(28-5)20(13)27-4/h6-10,12H,1-5H3/b17-9-. The molecule has 0 aromatic heterocycles. The number of methoxy groups -OCH3 is 3. The van der Waals surface area contributed by atoms with Crippen LogP contribution in [0.3, 0.4) is 0 Å². The fourth-order valence-electron chi connectivity index (χ4n) is 3.11. The summed E-state index contributed by atoms with van der Waals surface area (Å²) in [7, 11) is 4.51. The van der Waals surface area contributed by atoms with E-state index in [1.54, 1.807) is 31.2 Å². The minimum absolute atomic E-state index is 0.104. The number of allylic oxidation sites excluding steroid dienone is 1. The van der Waals surface area contributed by atoms with Gasteiger partial charge in [-0.15, -0.1) is 11.6 Å². The van der Waals surface area contributed by atoms with Crippen LogP contribution in [0.4, 0.5) is 0 Å². The molecule has 2 aromatic carbocycles. The van der Waals surface area contributed by atoms with Crippen molar-refractivity contribution in [3.8, 4) is 28.7 Å². The molecule has 8 heteroatoms. The van der Waals surface area contributed by atoms with Crippen LogP contribution in [0.15, 0.2) is 30.0 Å². The van der Waals surface area contributed by atoms with Crippen molar-refractivity contribution in [2.45, 2.75) is 19.2 Å². The second-order valence-electron chi connectivity index (χ2n) is 6.51. The van der Waals surface area contributed by atoms with E-state index >= 15 is 0 Å². The van der Waals surface area contributed by atoms with Crippen LogP contribution in [0, 0.1) is 6.92 Å². The van der Waals surface area contributed by atoms with E-state index in [2.05, 4.69) is 0 Å². The van der Waals surface area contributed by atoms with Gasteiger partial charge in [-0.05, 0) is 43.7 Å². The molecule has 30 heavy (non-hydrogen) atoms. The number of hydrogen-bond acceptors (Lipinski definition) is 7. The largest absolute Gasteiger partial charge is 0.493 e. The van der Waals surface area contributed by atoms with Crippen LogP contribution in [0.2, 0.25) is 0 Å². The van der Waals surface area contributed by atoms with E-state index in [-0.39, 0.29) is 17.3 Å². The summed E-state index contributed by atoms with van der Waals surface area (Å²) in [6, 6.07) is 6.52. The number of aryl methyl sites for hydroxylation is 1. The Kier molecular flexibility index (Phi) is 6.22. The number of hydrogen-bond donors (Lipinski definition) is 0. The third-order valence-electron chi connectivity index (χ3n) is 4.51. The maximum absolute atomic E-state index is 12.9. The van der Waals surface area contributed by atoms with Crippen molar-refractivity contribution in [3.05, 3.63) is 46.7 Å². The van der Waals surface area contributed by atoms with Crippen LogP contribution in [0.1, 0.15) is 28.4 Å². The molecule has 1 aliphatic heterocycles. The number of fused-ring (bicyclic) bond motifs is 1. The fraction of sp³-hybridized carbons (Fsp3) is 0.273. The average Bonchev–Trinajstić information content (AvgIpc) is 3.02. The molecule has 0 spiro atoms. The molecule has 1 unspecified atom stereocenters. The molecule has 0 amide bonds. The molecule has 158 valence electrons. The lowest BCUT2D eigenvalue weighted by molar-refractivity contribution is -0.133. The smallest absolute Gasteiger partial charge is 0.329 e. The Hall–Kier alpha value is -3.19. The van der Waals surface area contributed by atoms with Crippen LogP contribution >= 0.6 is 11.6 Å².